The van der Waals surface area contributed by atoms with Gasteiger partial charge in [0.05, 0.1) is 0 Å². The van der Waals surface area contributed by atoms with E-state index in [1.165, 1.54) is 12.8 Å². The molecule has 2 fully saturated rings. The summed E-state index contributed by atoms with van der Waals surface area (Å²) in [6.45, 7) is 4.71. The van der Waals surface area contributed by atoms with Crippen molar-refractivity contribution < 1.29 is 8.42 Å². The van der Waals surface area contributed by atoms with Gasteiger partial charge in [-0.25, -0.2) is 13.1 Å². The zero-order chi connectivity index (χ0) is 15.0. The number of aryl methyl sites for hydroxylation is 1. The molecule has 0 aromatic carbocycles. The maximum atomic E-state index is 12.7. The topological polar surface area (TPSA) is 58.2 Å². The highest BCUT2D eigenvalue weighted by molar-refractivity contribution is 7.89. The van der Waals surface area contributed by atoms with Crippen molar-refractivity contribution in [1.29, 1.82) is 0 Å². The van der Waals surface area contributed by atoms with Crippen LogP contribution in [0.1, 0.15) is 49.5 Å². The van der Waals surface area contributed by atoms with E-state index in [9.17, 15) is 8.42 Å². The van der Waals surface area contributed by atoms with Crippen LogP contribution in [0.15, 0.2) is 10.3 Å². The van der Waals surface area contributed by atoms with Crippen molar-refractivity contribution in [3.63, 3.8) is 0 Å². The van der Waals surface area contributed by atoms with Crippen LogP contribution in [-0.2, 0) is 16.6 Å². The fourth-order valence-electron chi connectivity index (χ4n) is 2.83. The van der Waals surface area contributed by atoms with Gasteiger partial charge in [0, 0.05) is 23.5 Å². The van der Waals surface area contributed by atoms with Gasteiger partial charge >= 0.3 is 0 Å². The number of sulfonamides is 1. The van der Waals surface area contributed by atoms with Gasteiger partial charge in [-0.3, -0.25) is 0 Å². The molecule has 2 atom stereocenters. The van der Waals surface area contributed by atoms with Crippen LogP contribution in [0, 0.1) is 12.8 Å². The average molecular weight is 329 g/mol. The van der Waals surface area contributed by atoms with Crippen molar-refractivity contribution in [2.24, 2.45) is 5.92 Å². The summed E-state index contributed by atoms with van der Waals surface area (Å²) >= 11 is 1.55. The first kappa shape index (κ1) is 15.5. The van der Waals surface area contributed by atoms with Crippen molar-refractivity contribution in [3.8, 4) is 0 Å². The second-order valence-electron chi connectivity index (χ2n) is 6.34. The van der Waals surface area contributed by atoms with Gasteiger partial charge in [0.2, 0.25) is 10.0 Å². The molecule has 0 amide bonds. The summed E-state index contributed by atoms with van der Waals surface area (Å²) in [6.07, 6.45) is 5.66. The van der Waals surface area contributed by atoms with E-state index < -0.39 is 10.0 Å². The van der Waals surface area contributed by atoms with Gasteiger partial charge in [-0.15, -0.1) is 11.3 Å². The summed E-state index contributed by atoms with van der Waals surface area (Å²) in [7, 11) is -3.37. The van der Waals surface area contributed by atoms with E-state index in [1.54, 1.807) is 11.3 Å². The molecule has 2 aliphatic rings. The van der Waals surface area contributed by atoms with Crippen molar-refractivity contribution >= 4 is 21.4 Å². The molecule has 0 saturated heterocycles. The zero-order valence-corrected chi connectivity index (χ0v) is 14.3. The molecular formula is C15H24N2O2S2. The third kappa shape index (κ3) is 3.67. The Morgan fingerprint density at radius 2 is 2.14 bits per heavy atom. The number of nitrogens with one attached hydrogen (secondary N) is 2. The minimum atomic E-state index is -3.37. The molecule has 2 saturated carbocycles. The van der Waals surface area contributed by atoms with Crippen LogP contribution >= 0.6 is 11.3 Å². The maximum Gasteiger partial charge on any atom is 0.242 e. The molecule has 0 bridgehead atoms. The fraction of sp³-hybridized carbons (Fsp3) is 0.733. The second-order valence-corrected chi connectivity index (χ2v) is 8.95. The van der Waals surface area contributed by atoms with E-state index in [-0.39, 0.29) is 6.04 Å². The van der Waals surface area contributed by atoms with Crippen LogP contribution in [0.4, 0.5) is 0 Å². The molecule has 2 N–H and O–H groups in total. The van der Waals surface area contributed by atoms with Gasteiger partial charge in [-0.05, 0) is 49.5 Å². The highest BCUT2D eigenvalue weighted by Gasteiger charge is 2.40. The first-order valence-corrected chi connectivity index (χ1v) is 10.2. The zero-order valence-electron chi connectivity index (χ0n) is 12.7. The third-order valence-electron chi connectivity index (χ3n) is 4.28. The van der Waals surface area contributed by atoms with Crippen molar-refractivity contribution in [2.45, 2.75) is 69.5 Å². The highest BCUT2D eigenvalue weighted by Crippen LogP contribution is 2.37. The minimum absolute atomic E-state index is 0.151. The summed E-state index contributed by atoms with van der Waals surface area (Å²) in [6, 6.07) is 0.742. The Morgan fingerprint density at radius 1 is 1.38 bits per heavy atom. The van der Waals surface area contributed by atoms with Gasteiger partial charge in [-0.2, -0.15) is 0 Å². The van der Waals surface area contributed by atoms with E-state index in [2.05, 4.69) is 17.0 Å². The number of thiophene rings is 1. The van der Waals surface area contributed by atoms with Gasteiger partial charge < -0.3 is 5.32 Å². The number of hydrogen-bond acceptors (Lipinski definition) is 4. The fourth-order valence-corrected chi connectivity index (χ4v) is 5.91. The predicted octanol–water partition coefficient (Wildman–Crippen LogP) is 2.78. The van der Waals surface area contributed by atoms with E-state index in [0.29, 0.717) is 23.4 Å². The monoisotopic (exact) mass is 328 g/mol. The molecule has 0 aliphatic heterocycles. The molecule has 1 aromatic heterocycles. The van der Waals surface area contributed by atoms with Crippen LogP contribution in [0.2, 0.25) is 0 Å². The predicted molar refractivity (Wildman–Crippen MR) is 86.0 cm³/mol. The van der Waals surface area contributed by atoms with Crippen molar-refractivity contribution in [2.75, 3.05) is 0 Å². The minimum Gasteiger partial charge on any atom is -0.309 e. The van der Waals surface area contributed by atoms with Gasteiger partial charge in [0.15, 0.2) is 0 Å². The molecule has 21 heavy (non-hydrogen) atoms. The quantitative estimate of drug-likeness (QED) is 0.771. The highest BCUT2D eigenvalue weighted by atomic mass is 32.2. The van der Waals surface area contributed by atoms with E-state index in [1.807, 2.05) is 12.3 Å². The van der Waals surface area contributed by atoms with E-state index in [4.69, 9.17) is 0 Å². The lowest BCUT2D eigenvalue weighted by atomic mass is 10.2. The van der Waals surface area contributed by atoms with Crippen molar-refractivity contribution in [3.05, 3.63) is 15.8 Å². The van der Waals surface area contributed by atoms with Gasteiger partial charge in [0.25, 0.3) is 0 Å². The number of hydrogen-bond donors (Lipinski definition) is 2. The first-order chi connectivity index (χ1) is 10.0. The smallest absolute Gasteiger partial charge is 0.242 e. The molecule has 1 heterocycles. The molecule has 4 nitrogen and oxygen atoms in total. The van der Waals surface area contributed by atoms with Crippen LogP contribution < -0.4 is 10.0 Å². The SMILES string of the molecule is CCCC1CC1NS(=O)(=O)c1c(C)csc1CNC1CC1. The Hall–Kier alpha value is -0.430. The summed E-state index contributed by atoms with van der Waals surface area (Å²) in [4.78, 5) is 1.46. The van der Waals surface area contributed by atoms with Crippen LogP contribution in [0.5, 0.6) is 0 Å². The van der Waals surface area contributed by atoms with E-state index >= 15 is 0 Å². The van der Waals surface area contributed by atoms with Crippen LogP contribution in [0.3, 0.4) is 0 Å². The lowest BCUT2D eigenvalue weighted by molar-refractivity contribution is 0.570. The summed E-state index contributed by atoms with van der Waals surface area (Å²) in [5, 5.41) is 5.37. The Balaban J connectivity index is 1.70. The molecule has 3 rings (SSSR count). The Kier molecular flexibility index (Phi) is 4.41. The standard InChI is InChI=1S/C15H24N2O2S2/c1-3-4-11-7-13(11)17-21(18,19)15-10(2)9-20-14(15)8-16-12-5-6-12/h9,11-13,16-17H,3-8H2,1-2H3. The Morgan fingerprint density at radius 3 is 2.81 bits per heavy atom. The molecular weight excluding hydrogens is 304 g/mol. The molecule has 2 unspecified atom stereocenters. The van der Waals surface area contributed by atoms with Crippen molar-refractivity contribution in [1.82, 2.24) is 10.0 Å². The summed E-state index contributed by atoms with van der Waals surface area (Å²) in [5.41, 5.74) is 0.868. The molecule has 6 heteroatoms. The molecule has 118 valence electrons. The average Bonchev–Trinajstić information content (AvgIpc) is 3.31. The number of rotatable bonds is 8. The first-order valence-electron chi connectivity index (χ1n) is 7.84. The van der Waals surface area contributed by atoms with Crippen LogP contribution in [-0.4, -0.2) is 20.5 Å². The molecule has 0 radical (unpaired) electrons. The maximum absolute atomic E-state index is 12.7. The molecule has 2 aliphatic carbocycles. The Labute approximate surface area is 131 Å². The lowest BCUT2D eigenvalue weighted by Gasteiger charge is -2.09. The van der Waals surface area contributed by atoms with Crippen LogP contribution in [0.25, 0.3) is 0 Å². The molecule has 1 aromatic rings. The molecule has 0 spiro atoms. The lowest BCUT2D eigenvalue weighted by Crippen LogP contribution is -2.28. The summed E-state index contributed by atoms with van der Waals surface area (Å²) < 4.78 is 28.2. The summed E-state index contributed by atoms with van der Waals surface area (Å²) in [5.74, 6) is 0.539. The third-order valence-corrected chi connectivity index (χ3v) is 7.23. The largest absolute Gasteiger partial charge is 0.309 e. The van der Waals surface area contributed by atoms with Gasteiger partial charge in [0.1, 0.15) is 4.90 Å². The van der Waals surface area contributed by atoms with E-state index in [0.717, 1.165) is 29.7 Å². The second kappa shape index (κ2) is 5.99. The Bertz CT molecular complexity index is 605. The van der Waals surface area contributed by atoms with Gasteiger partial charge in [-0.1, -0.05) is 13.3 Å². The normalized spacial score (nSPS) is 25.2.